The molecule has 0 spiro atoms. The van der Waals surface area contributed by atoms with Gasteiger partial charge < -0.3 is 10.1 Å². The van der Waals surface area contributed by atoms with Crippen molar-refractivity contribution in [3.63, 3.8) is 0 Å². The van der Waals surface area contributed by atoms with Gasteiger partial charge in [0, 0.05) is 4.88 Å². The summed E-state index contributed by atoms with van der Waals surface area (Å²) in [4.78, 5) is 25.5. The second-order valence-corrected chi connectivity index (χ2v) is 6.82. The van der Waals surface area contributed by atoms with Crippen molar-refractivity contribution in [1.82, 2.24) is 0 Å². The number of rotatable bonds is 5. The summed E-state index contributed by atoms with van der Waals surface area (Å²) in [5, 5.41) is 3.08. The molecule has 0 fully saturated rings. The average Bonchev–Trinajstić information content (AvgIpc) is 2.89. The van der Waals surface area contributed by atoms with E-state index in [0.29, 0.717) is 15.6 Å². The minimum absolute atomic E-state index is 0.346. The summed E-state index contributed by atoms with van der Waals surface area (Å²) in [5.74, 6) is -0.906. The van der Waals surface area contributed by atoms with Gasteiger partial charge in [0.15, 0.2) is 6.61 Å². The van der Waals surface area contributed by atoms with E-state index in [-0.39, 0.29) is 6.61 Å². The van der Waals surface area contributed by atoms with Gasteiger partial charge in [-0.05, 0) is 49.6 Å². The Morgan fingerprint density at radius 1 is 1.26 bits per heavy atom. The molecule has 0 aliphatic heterocycles. The molecule has 2 aromatic rings. The van der Waals surface area contributed by atoms with Gasteiger partial charge in [0.2, 0.25) is 0 Å². The smallest absolute Gasteiger partial charge is 0.348 e. The third kappa shape index (κ3) is 4.56. The number of ether oxygens (including phenoxy) is 1. The lowest BCUT2D eigenvalue weighted by Gasteiger charge is -2.08. The van der Waals surface area contributed by atoms with Crippen LogP contribution in [0, 0.1) is 13.8 Å². The fourth-order valence-corrected chi connectivity index (χ4v) is 3.37. The Hall–Kier alpha value is -1.85. The molecule has 23 heavy (non-hydrogen) atoms. The van der Waals surface area contributed by atoms with Crippen LogP contribution in [-0.2, 0) is 16.0 Å². The van der Waals surface area contributed by atoms with Gasteiger partial charge in [0.05, 0.1) is 10.7 Å². The zero-order valence-electron chi connectivity index (χ0n) is 13.2. The largest absolute Gasteiger partial charge is 0.451 e. The van der Waals surface area contributed by atoms with Crippen molar-refractivity contribution in [3.8, 4) is 0 Å². The van der Waals surface area contributed by atoms with Gasteiger partial charge in [-0.1, -0.05) is 24.6 Å². The number of carbonyl (C=O) groups excluding carboxylic acids is 2. The molecule has 0 atom stereocenters. The molecular formula is C17H18ClNO3S. The van der Waals surface area contributed by atoms with Gasteiger partial charge in [-0.3, -0.25) is 4.79 Å². The summed E-state index contributed by atoms with van der Waals surface area (Å²) in [6, 6.07) is 7.13. The molecule has 1 heterocycles. The second-order valence-electron chi connectivity index (χ2n) is 5.15. The molecule has 1 N–H and O–H groups in total. The Morgan fingerprint density at radius 2 is 2.00 bits per heavy atom. The van der Waals surface area contributed by atoms with Crippen LogP contribution < -0.4 is 5.32 Å². The fourth-order valence-electron chi connectivity index (χ4n) is 2.08. The van der Waals surface area contributed by atoms with E-state index in [2.05, 4.69) is 5.32 Å². The number of esters is 1. The standard InChI is InChI=1S/C17H18ClNO3S/c1-4-12-8-15(23-11(12)3)17(21)22-9-16(20)19-14-6-5-10(2)7-13(14)18/h5-8H,4,9H2,1-3H3,(H,19,20). The first-order valence-corrected chi connectivity index (χ1v) is 8.42. The van der Waals surface area contributed by atoms with Crippen molar-refractivity contribution in [2.75, 3.05) is 11.9 Å². The first-order chi connectivity index (χ1) is 10.9. The normalized spacial score (nSPS) is 10.4. The summed E-state index contributed by atoms with van der Waals surface area (Å²) >= 11 is 7.43. The minimum Gasteiger partial charge on any atom is -0.451 e. The third-order valence-corrected chi connectivity index (χ3v) is 4.72. The lowest BCUT2D eigenvalue weighted by Crippen LogP contribution is -2.20. The lowest BCUT2D eigenvalue weighted by molar-refractivity contribution is -0.119. The van der Waals surface area contributed by atoms with Gasteiger partial charge in [-0.25, -0.2) is 4.79 Å². The van der Waals surface area contributed by atoms with Gasteiger partial charge in [0.25, 0.3) is 5.91 Å². The number of benzene rings is 1. The van der Waals surface area contributed by atoms with Crippen molar-refractivity contribution in [2.24, 2.45) is 0 Å². The number of hydrogen-bond donors (Lipinski definition) is 1. The van der Waals surface area contributed by atoms with Crippen LogP contribution in [0.15, 0.2) is 24.3 Å². The molecule has 0 radical (unpaired) electrons. The molecule has 4 nitrogen and oxygen atoms in total. The lowest BCUT2D eigenvalue weighted by atomic mass is 10.2. The average molecular weight is 352 g/mol. The maximum absolute atomic E-state index is 12.0. The number of halogens is 1. The van der Waals surface area contributed by atoms with E-state index < -0.39 is 11.9 Å². The number of thiophene rings is 1. The molecule has 1 aromatic carbocycles. The Balaban J connectivity index is 1.91. The highest BCUT2D eigenvalue weighted by Gasteiger charge is 2.15. The number of nitrogens with one attached hydrogen (secondary N) is 1. The molecule has 0 bridgehead atoms. The molecule has 1 amide bonds. The fraction of sp³-hybridized carbons (Fsp3) is 0.294. The van der Waals surface area contributed by atoms with E-state index in [4.69, 9.17) is 16.3 Å². The van der Waals surface area contributed by atoms with Gasteiger partial charge in [-0.2, -0.15) is 0 Å². The van der Waals surface area contributed by atoms with Crippen molar-refractivity contribution in [2.45, 2.75) is 27.2 Å². The van der Waals surface area contributed by atoms with Crippen LogP contribution in [0.3, 0.4) is 0 Å². The molecule has 0 saturated heterocycles. The molecule has 0 aliphatic carbocycles. The maximum Gasteiger partial charge on any atom is 0.348 e. The summed E-state index contributed by atoms with van der Waals surface area (Å²) in [6.45, 7) is 5.56. The molecule has 0 saturated carbocycles. The predicted octanol–water partition coefficient (Wildman–Crippen LogP) is 4.38. The van der Waals surface area contributed by atoms with Crippen molar-refractivity contribution < 1.29 is 14.3 Å². The van der Waals surface area contributed by atoms with E-state index in [1.807, 2.05) is 32.9 Å². The van der Waals surface area contributed by atoms with Crippen LogP contribution in [0.2, 0.25) is 5.02 Å². The Bertz CT molecular complexity index is 739. The zero-order valence-corrected chi connectivity index (χ0v) is 14.8. The van der Waals surface area contributed by atoms with Crippen LogP contribution in [0.4, 0.5) is 5.69 Å². The van der Waals surface area contributed by atoms with Gasteiger partial charge in [-0.15, -0.1) is 11.3 Å². The van der Waals surface area contributed by atoms with Crippen LogP contribution in [-0.4, -0.2) is 18.5 Å². The van der Waals surface area contributed by atoms with Crippen molar-refractivity contribution in [1.29, 1.82) is 0 Å². The van der Waals surface area contributed by atoms with Crippen LogP contribution in [0.1, 0.15) is 32.6 Å². The summed E-state index contributed by atoms with van der Waals surface area (Å²) < 4.78 is 5.05. The van der Waals surface area contributed by atoms with Crippen LogP contribution >= 0.6 is 22.9 Å². The van der Waals surface area contributed by atoms with E-state index in [1.165, 1.54) is 11.3 Å². The topological polar surface area (TPSA) is 55.4 Å². The molecule has 6 heteroatoms. The number of carbonyl (C=O) groups is 2. The van der Waals surface area contributed by atoms with E-state index in [1.54, 1.807) is 12.1 Å². The SMILES string of the molecule is CCc1cc(C(=O)OCC(=O)Nc2ccc(C)cc2Cl)sc1C. The second kappa shape index (κ2) is 7.62. The van der Waals surface area contributed by atoms with Crippen molar-refractivity contribution >= 4 is 40.5 Å². The van der Waals surface area contributed by atoms with Gasteiger partial charge in [0.1, 0.15) is 4.88 Å². The molecular weight excluding hydrogens is 334 g/mol. The molecule has 1 aromatic heterocycles. The summed E-state index contributed by atoms with van der Waals surface area (Å²) in [6.07, 6.45) is 0.863. The van der Waals surface area contributed by atoms with Crippen LogP contribution in [0.5, 0.6) is 0 Å². The molecule has 0 aliphatic rings. The minimum atomic E-state index is -0.483. The Labute approximate surface area is 144 Å². The molecule has 2 rings (SSSR count). The highest BCUT2D eigenvalue weighted by atomic mass is 35.5. The van der Waals surface area contributed by atoms with Crippen LogP contribution in [0.25, 0.3) is 0 Å². The summed E-state index contributed by atoms with van der Waals surface area (Å²) in [7, 11) is 0. The first kappa shape index (κ1) is 17.5. The number of amides is 1. The third-order valence-electron chi connectivity index (χ3n) is 3.34. The van der Waals surface area contributed by atoms with E-state index in [9.17, 15) is 9.59 Å². The zero-order chi connectivity index (χ0) is 17.0. The summed E-state index contributed by atoms with van der Waals surface area (Å²) in [5.41, 5.74) is 2.62. The quantitative estimate of drug-likeness (QED) is 0.813. The number of hydrogen-bond acceptors (Lipinski definition) is 4. The number of aryl methyl sites for hydroxylation is 3. The Morgan fingerprint density at radius 3 is 2.61 bits per heavy atom. The van der Waals surface area contributed by atoms with Crippen molar-refractivity contribution in [3.05, 3.63) is 50.2 Å². The van der Waals surface area contributed by atoms with Gasteiger partial charge >= 0.3 is 5.97 Å². The maximum atomic E-state index is 12.0. The molecule has 0 unspecified atom stereocenters. The predicted molar refractivity (Wildman–Crippen MR) is 93.5 cm³/mol. The first-order valence-electron chi connectivity index (χ1n) is 7.23. The van der Waals surface area contributed by atoms with E-state index >= 15 is 0 Å². The highest BCUT2D eigenvalue weighted by molar-refractivity contribution is 7.14. The Kier molecular flexibility index (Phi) is 5.80. The molecule has 122 valence electrons. The monoisotopic (exact) mass is 351 g/mol. The van der Waals surface area contributed by atoms with E-state index in [0.717, 1.165) is 22.4 Å². The highest BCUT2D eigenvalue weighted by Crippen LogP contribution is 2.24. The number of anilines is 1.